The number of nitro groups is 1. The van der Waals surface area contributed by atoms with Crippen molar-refractivity contribution < 1.29 is 9.66 Å². The highest BCUT2D eigenvalue weighted by molar-refractivity contribution is 5.57. The molecule has 1 heterocycles. The monoisotopic (exact) mass is 279 g/mol. The molecule has 0 aromatic heterocycles. The first-order valence-electron chi connectivity index (χ1n) is 6.98. The highest BCUT2D eigenvalue weighted by Gasteiger charge is 2.16. The molecule has 1 aliphatic rings. The first kappa shape index (κ1) is 14.6. The van der Waals surface area contributed by atoms with Gasteiger partial charge in [0.1, 0.15) is 5.75 Å². The molecule has 0 aliphatic carbocycles. The Labute approximate surface area is 118 Å². The van der Waals surface area contributed by atoms with E-state index in [1.54, 1.807) is 6.07 Å². The van der Waals surface area contributed by atoms with E-state index >= 15 is 0 Å². The number of anilines is 1. The molecule has 0 amide bonds. The molecule has 0 bridgehead atoms. The van der Waals surface area contributed by atoms with Gasteiger partial charge in [-0.05, 0) is 39.8 Å². The molecule has 6 heteroatoms. The van der Waals surface area contributed by atoms with E-state index in [0.29, 0.717) is 11.8 Å². The summed E-state index contributed by atoms with van der Waals surface area (Å²) in [6, 6.07) is 5.21. The number of piperidine rings is 1. The van der Waals surface area contributed by atoms with Crippen LogP contribution in [0.4, 0.5) is 11.4 Å². The van der Waals surface area contributed by atoms with E-state index < -0.39 is 0 Å². The normalized spacial score (nSPS) is 16.1. The van der Waals surface area contributed by atoms with Crippen LogP contribution in [0.1, 0.15) is 26.7 Å². The second-order valence-corrected chi connectivity index (χ2v) is 5.31. The fourth-order valence-electron chi connectivity index (χ4n) is 2.31. The van der Waals surface area contributed by atoms with Crippen LogP contribution >= 0.6 is 0 Å². The van der Waals surface area contributed by atoms with Crippen LogP contribution in [0, 0.1) is 10.1 Å². The Morgan fingerprint density at radius 2 is 2.05 bits per heavy atom. The minimum absolute atomic E-state index is 0.0104. The molecule has 0 atom stereocenters. The fourth-order valence-corrected chi connectivity index (χ4v) is 2.31. The quantitative estimate of drug-likeness (QED) is 0.640. The van der Waals surface area contributed by atoms with Crippen molar-refractivity contribution in [2.45, 2.75) is 38.8 Å². The summed E-state index contributed by atoms with van der Waals surface area (Å²) < 4.78 is 5.58. The van der Waals surface area contributed by atoms with Crippen molar-refractivity contribution in [2.24, 2.45) is 0 Å². The molecule has 2 rings (SSSR count). The van der Waals surface area contributed by atoms with Gasteiger partial charge in [0.2, 0.25) is 0 Å². The molecule has 2 N–H and O–H groups in total. The maximum absolute atomic E-state index is 11.0. The summed E-state index contributed by atoms with van der Waals surface area (Å²) in [6.45, 7) is 5.75. The SMILES string of the molecule is CC(C)Oc1cc(NC2CCNCC2)cc([N+](=O)[O-])c1. The lowest BCUT2D eigenvalue weighted by Gasteiger charge is -2.25. The van der Waals surface area contributed by atoms with Gasteiger partial charge < -0.3 is 15.4 Å². The van der Waals surface area contributed by atoms with Crippen molar-refractivity contribution in [3.05, 3.63) is 28.3 Å². The molecule has 1 aliphatic heterocycles. The van der Waals surface area contributed by atoms with E-state index in [-0.39, 0.29) is 16.7 Å². The lowest BCUT2D eigenvalue weighted by molar-refractivity contribution is -0.384. The summed E-state index contributed by atoms with van der Waals surface area (Å²) >= 11 is 0. The van der Waals surface area contributed by atoms with Gasteiger partial charge in [-0.25, -0.2) is 0 Å². The van der Waals surface area contributed by atoms with Gasteiger partial charge in [-0.15, -0.1) is 0 Å². The third-order valence-electron chi connectivity index (χ3n) is 3.18. The molecule has 1 aromatic rings. The molecule has 0 unspecified atom stereocenters. The van der Waals surface area contributed by atoms with Crippen molar-refractivity contribution in [3.8, 4) is 5.75 Å². The lowest BCUT2D eigenvalue weighted by atomic mass is 10.1. The maximum Gasteiger partial charge on any atom is 0.275 e. The summed E-state index contributed by atoms with van der Waals surface area (Å²) in [5.41, 5.74) is 0.807. The predicted octanol–water partition coefficient (Wildman–Crippen LogP) is 2.55. The Bertz CT molecular complexity index is 471. The van der Waals surface area contributed by atoms with Crippen molar-refractivity contribution in [2.75, 3.05) is 18.4 Å². The van der Waals surface area contributed by atoms with E-state index in [0.717, 1.165) is 31.6 Å². The number of nitro benzene ring substituents is 1. The number of nitrogens with one attached hydrogen (secondary N) is 2. The Balaban J connectivity index is 2.17. The van der Waals surface area contributed by atoms with E-state index in [4.69, 9.17) is 4.74 Å². The van der Waals surface area contributed by atoms with Crippen LogP contribution in [-0.2, 0) is 0 Å². The summed E-state index contributed by atoms with van der Waals surface area (Å²) in [5, 5.41) is 17.7. The smallest absolute Gasteiger partial charge is 0.275 e. The Kier molecular flexibility index (Phi) is 4.79. The minimum Gasteiger partial charge on any atom is -0.491 e. The van der Waals surface area contributed by atoms with Crippen LogP contribution in [-0.4, -0.2) is 30.2 Å². The van der Waals surface area contributed by atoms with Crippen LogP contribution in [0.2, 0.25) is 0 Å². The molecular formula is C14H21N3O3. The number of ether oxygens (including phenoxy) is 1. The van der Waals surface area contributed by atoms with Gasteiger partial charge in [0.05, 0.1) is 17.1 Å². The largest absolute Gasteiger partial charge is 0.491 e. The Morgan fingerprint density at radius 1 is 1.35 bits per heavy atom. The number of benzene rings is 1. The van der Waals surface area contributed by atoms with Gasteiger partial charge in [-0.1, -0.05) is 0 Å². The van der Waals surface area contributed by atoms with Gasteiger partial charge in [-0.3, -0.25) is 10.1 Å². The molecule has 6 nitrogen and oxygen atoms in total. The third kappa shape index (κ3) is 4.09. The van der Waals surface area contributed by atoms with Crippen molar-refractivity contribution in [3.63, 3.8) is 0 Å². The molecule has 1 saturated heterocycles. The highest BCUT2D eigenvalue weighted by atomic mass is 16.6. The number of hydrogen-bond acceptors (Lipinski definition) is 5. The lowest BCUT2D eigenvalue weighted by Crippen LogP contribution is -2.35. The summed E-state index contributed by atoms with van der Waals surface area (Å²) in [7, 11) is 0. The molecule has 0 saturated carbocycles. The van der Waals surface area contributed by atoms with Crippen molar-refractivity contribution in [1.29, 1.82) is 0 Å². The van der Waals surface area contributed by atoms with Crippen LogP contribution in [0.5, 0.6) is 5.75 Å². The number of hydrogen-bond donors (Lipinski definition) is 2. The van der Waals surface area contributed by atoms with E-state index in [1.165, 1.54) is 6.07 Å². The van der Waals surface area contributed by atoms with Crippen LogP contribution < -0.4 is 15.4 Å². The van der Waals surface area contributed by atoms with Gasteiger partial charge in [-0.2, -0.15) is 0 Å². The third-order valence-corrected chi connectivity index (χ3v) is 3.18. The second kappa shape index (κ2) is 6.56. The second-order valence-electron chi connectivity index (χ2n) is 5.31. The zero-order chi connectivity index (χ0) is 14.5. The van der Waals surface area contributed by atoms with Gasteiger partial charge in [0, 0.05) is 23.9 Å². The van der Waals surface area contributed by atoms with Crippen molar-refractivity contribution in [1.82, 2.24) is 5.32 Å². The minimum atomic E-state index is -0.388. The van der Waals surface area contributed by atoms with E-state index in [2.05, 4.69) is 10.6 Å². The fraction of sp³-hybridized carbons (Fsp3) is 0.571. The predicted molar refractivity (Wildman–Crippen MR) is 78.4 cm³/mol. The molecule has 20 heavy (non-hydrogen) atoms. The maximum atomic E-state index is 11.0. The van der Waals surface area contributed by atoms with E-state index in [9.17, 15) is 10.1 Å². The van der Waals surface area contributed by atoms with Gasteiger partial charge >= 0.3 is 0 Å². The molecular weight excluding hydrogens is 258 g/mol. The van der Waals surface area contributed by atoms with Crippen LogP contribution in [0.15, 0.2) is 18.2 Å². The summed E-state index contributed by atoms with van der Waals surface area (Å²) in [6.07, 6.45) is 2.02. The topological polar surface area (TPSA) is 76.4 Å². The molecule has 1 fully saturated rings. The average molecular weight is 279 g/mol. The highest BCUT2D eigenvalue weighted by Crippen LogP contribution is 2.28. The number of rotatable bonds is 5. The first-order chi connectivity index (χ1) is 9.54. The average Bonchev–Trinajstić information content (AvgIpc) is 2.38. The zero-order valence-electron chi connectivity index (χ0n) is 11.9. The molecule has 0 spiro atoms. The number of non-ortho nitro benzene ring substituents is 1. The Hall–Kier alpha value is -1.82. The summed E-state index contributed by atoms with van der Waals surface area (Å²) in [4.78, 5) is 10.6. The molecule has 0 radical (unpaired) electrons. The van der Waals surface area contributed by atoms with Crippen molar-refractivity contribution >= 4 is 11.4 Å². The van der Waals surface area contributed by atoms with Crippen LogP contribution in [0.25, 0.3) is 0 Å². The summed E-state index contributed by atoms with van der Waals surface area (Å²) in [5.74, 6) is 0.533. The molecule has 1 aromatic carbocycles. The zero-order valence-corrected chi connectivity index (χ0v) is 11.9. The van der Waals surface area contributed by atoms with E-state index in [1.807, 2.05) is 19.9 Å². The van der Waals surface area contributed by atoms with Crippen LogP contribution in [0.3, 0.4) is 0 Å². The van der Waals surface area contributed by atoms with Gasteiger partial charge in [0.25, 0.3) is 5.69 Å². The first-order valence-corrected chi connectivity index (χ1v) is 6.98. The standard InChI is InChI=1S/C14H21N3O3/c1-10(2)20-14-8-12(7-13(9-14)17(18)19)16-11-3-5-15-6-4-11/h7-11,15-16H,3-6H2,1-2H3. The molecule has 110 valence electrons. The van der Waals surface area contributed by atoms with Gasteiger partial charge in [0.15, 0.2) is 0 Å². The Morgan fingerprint density at radius 3 is 2.65 bits per heavy atom. The number of nitrogens with zero attached hydrogens (tertiary/aromatic N) is 1.